The third-order valence-corrected chi connectivity index (χ3v) is 4.74. The summed E-state index contributed by atoms with van der Waals surface area (Å²) in [5, 5.41) is 4.20. The first kappa shape index (κ1) is 16.3. The van der Waals surface area contributed by atoms with Gasteiger partial charge < -0.3 is 9.80 Å². The summed E-state index contributed by atoms with van der Waals surface area (Å²) in [6, 6.07) is 13.7. The molecule has 1 aliphatic heterocycles. The molecule has 0 bridgehead atoms. The Morgan fingerprint density at radius 2 is 2.08 bits per heavy atom. The number of carbonyl (C=O) groups excluding carboxylic acids is 1. The summed E-state index contributed by atoms with van der Waals surface area (Å²) >= 11 is 0. The lowest BCUT2D eigenvalue weighted by Crippen LogP contribution is -2.29. The van der Waals surface area contributed by atoms with Gasteiger partial charge in [-0.1, -0.05) is 18.2 Å². The maximum absolute atomic E-state index is 12.8. The fraction of sp³-hybridized carbons (Fsp3) is 0.250. The molecule has 0 saturated carbocycles. The summed E-state index contributed by atoms with van der Waals surface area (Å²) in [6.07, 6.45) is 6.29. The van der Waals surface area contributed by atoms with E-state index in [1.165, 1.54) is 5.56 Å². The Bertz CT molecular complexity index is 889. The molecule has 2 aromatic heterocycles. The molecule has 0 N–H and O–H groups in total. The van der Waals surface area contributed by atoms with Crippen LogP contribution < -0.4 is 9.80 Å². The fourth-order valence-corrected chi connectivity index (χ4v) is 3.24. The van der Waals surface area contributed by atoms with Crippen molar-refractivity contribution in [2.45, 2.75) is 13.0 Å². The van der Waals surface area contributed by atoms with Gasteiger partial charge >= 0.3 is 0 Å². The molecule has 0 saturated heterocycles. The average molecular weight is 347 g/mol. The molecule has 0 fully saturated rings. The standard InChI is InChI=1S/C20H21N5O/c1-23(13-14-24-11-4-10-22-24)19-8-7-17(15-21-19)20(26)25-12-9-16-5-2-3-6-18(16)25/h2-8,10-11,15H,9,12-14H2,1H3. The van der Waals surface area contributed by atoms with Crippen LogP contribution in [-0.2, 0) is 13.0 Å². The smallest absolute Gasteiger partial charge is 0.259 e. The van der Waals surface area contributed by atoms with Crippen LogP contribution in [0, 0.1) is 0 Å². The van der Waals surface area contributed by atoms with Gasteiger partial charge in [0.1, 0.15) is 5.82 Å². The molecule has 4 rings (SSSR count). The van der Waals surface area contributed by atoms with Crippen LogP contribution in [0.15, 0.2) is 61.1 Å². The molecule has 1 aromatic carbocycles. The van der Waals surface area contributed by atoms with Crippen molar-refractivity contribution in [3.8, 4) is 0 Å². The minimum Gasteiger partial charge on any atom is -0.358 e. The van der Waals surface area contributed by atoms with Gasteiger partial charge in [0.2, 0.25) is 0 Å². The number of likely N-dealkylation sites (N-methyl/N-ethyl adjacent to an activating group) is 1. The Kier molecular flexibility index (Phi) is 4.39. The molecule has 0 radical (unpaired) electrons. The number of hydrogen-bond donors (Lipinski definition) is 0. The molecule has 0 aliphatic carbocycles. The number of fused-ring (bicyclic) bond motifs is 1. The number of nitrogens with zero attached hydrogens (tertiary/aromatic N) is 5. The molecule has 3 aromatic rings. The molecule has 0 atom stereocenters. The Labute approximate surface area is 152 Å². The van der Waals surface area contributed by atoms with Crippen molar-refractivity contribution < 1.29 is 4.79 Å². The number of amides is 1. The van der Waals surface area contributed by atoms with E-state index in [1.807, 2.05) is 59.2 Å². The first-order chi connectivity index (χ1) is 12.7. The van der Waals surface area contributed by atoms with E-state index in [4.69, 9.17) is 0 Å². The third-order valence-electron chi connectivity index (χ3n) is 4.74. The highest BCUT2D eigenvalue weighted by Crippen LogP contribution is 2.28. The van der Waals surface area contributed by atoms with E-state index in [-0.39, 0.29) is 5.91 Å². The maximum Gasteiger partial charge on any atom is 0.259 e. The van der Waals surface area contributed by atoms with E-state index >= 15 is 0 Å². The van der Waals surface area contributed by atoms with Crippen LogP contribution in [0.5, 0.6) is 0 Å². The number of aromatic nitrogens is 3. The monoisotopic (exact) mass is 347 g/mol. The van der Waals surface area contributed by atoms with E-state index in [9.17, 15) is 4.79 Å². The number of hydrogen-bond acceptors (Lipinski definition) is 4. The first-order valence-electron chi connectivity index (χ1n) is 8.77. The molecule has 1 aliphatic rings. The van der Waals surface area contributed by atoms with Crippen LogP contribution in [0.25, 0.3) is 0 Å². The Morgan fingerprint density at radius 1 is 1.19 bits per heavy atom. The quantitative estimate of drug-likeness (QED) is 0.712. The topological polar surface area (TPSA) is 54.3 Å². The van der Waals surface area contributed by atoms with E-state index < -0.39 is 0 Å². The van der Waals surface area contributed by atoms with Crippen molar-refractivity contribution >= 4 is 17.4 Å². The van der Waals surface area contributed by atoms with E-state index in [1.54, 1.807) is 12.4 Å². The SMILES string of the molecule is CN(CCn1cccn1)c1ccc(C(=O)N2CCc3ccccc32)cn1. The van der Waals surface area contributed by atoms with Gasteiger partial charge in [-0.3, -0.25) is 9.48 Å². The summed E-state index contributed by atoms with van der Waals surface area (Å²) in [6.45, 7) is 2.31. The lowest BCUT2D eigenvalue weighted by molar-refractivity contribution is 0.0989. The van der Waals surface area contributed by atoms with Gasteiger partial charge in [-0.05, 0) is 36.2 Å². The van der Waals surface area contributed by atoms with E-state index in [0.717, 1.165) is 37.6 Å². The first-order valence-corrected chi connectivity index (χ1v) is 8.77. The zero-order valence-corrected chi connectivity index (χ0v) is 14.7. The third kappa shape index (κ3) is 3.18. The minimum absolute atomic E-state index is 0.00759. The lowest BCUT2D eigenvalue weighted by atomic mass is 10.2. The van der Waals surface area contributed by atoms with Gasteiger partial charge in [-0.2, -0.15) is 5.10 Å². The van der Waals surface area contributed by atoms with Gasteiger partial charge in [0.25, 0.3) is 5.91 Å². The van der Waals surface area contributed by atoms with Crippen molar-refractivity contribution in [2.75, 3.05) is 29.9 Å². The molecule has 0 spiro atoms. The van der Waals surface area contributed by atoms with E-state index in [0.29, 0.717) is 5.56 Å². The van der Waals surface area contributed by atoms with Gasteiger partial charge in [-0.15, -0.1) is 0 Å². The number of benzene rings is 1. The second kappa shape index (κ2) is 7.00. The molecular formula is C20H21N5O. The Hall–Kier alpha value is -3.15. The van der Waals surface area contributed by atoms with Gasteiger partial charge in [0, 0.05) is 44.4 Å². The molecule has 6 heteroatoms. The van der Waals surface area contributed by atoms with Crippen LogP contribution >= 0.6 is 0 Å². The van der Waals surface area contributed by atoms with Crippen molar-refractivity contribution in [2.24, 2.45) is 0 Å². The van der Waals surface area contributed by atoms with Gasteiger partial charge in [0.15, 0.2) is 0 Å². The zero-order chi connectivity index (χ0) is 17.9. The summed E-state index contributed by atoms with van der Waals surface area (Å²) < 4.78 is 1.89. The molecule has 6 nitrogen and oxygen atoms in total. The molecule has 132 valence electrons. The van der Waals surface area contributed by atoms with Crippen LogP contribution in [0.4, 0.5) is 11.5 Å². The second-order valence-corrected chi connectivity index (χ2v) is 6.43. The number of anilines is 2. The van der Waals surface area contributed by atoms with Crippen molar-refractivity contribution in [3.63, 3.8) is 0 Å². The van der Waals surface area contributed by atoms with Crippen LogP contribution in [-0.4, -0.2) is 40.8 Å². The van der Waals surface area contributed by atoms with Crippen molar-refractivity contribution in [1.82, 2.24) is 14.8 Å². The number of carbonyl (C=O) groups is 1. The van der Waals surface area contributed by atoms with Gasteiger partial charge in [-0.25, -0.2) is 4.98 Å². The summed E-state index contributed by atoms with van der Waals surface area (Å²) in [4.78, 5) is 21.2. The molecule has 0 unspecified atom stereocenters. The highest BCUT2D eigenvalue weighted by atomic mass is 16.2. The molecule has 1 amide bonds. The summed E-state index contributed by atoms with van der Waals surface area (Å²) in [5.41, 5.74) is 2.85. The summed E-state index contributed by atoms with van der Waals surface area (Å²) in [5.74, 6) is 0.851. The largest absolute Gasteiger partial charge is 0.358 e. The lowest BCUT2D eigenvalue weighted by Gasteiger charge is -2.20. The van der Waals surface area contributed by atoms with Crippen LogP contribution in [0.2, 0.25) is 0 Å². The maximum atomic E-state index is 12.8. The molecule has 3 heterocycles. The predicted octanol–water partition coefficient (Wildman–Crippen LogP) is 2.62. The summed E-state index contributed by atoms with van der Waals surface area (Å²) in [7, 11) is 1.99. The number of pyridine rings is 1. The predicted molar refractivity (Wildman–Crippen MR) is 102 cm³/mol. The highest BCUT2D eigenvalue weighted by Gasteiger charge is 2.25. The fourth-order valence-electron chi connectivity index (χ4n) is 3.24. The number of para-hydroxylation sites is 1. The molecular weight excluding hydrogens is 326 g/mol. The molecule has 26 heavy (non-hydrogen) atoms. The highest BCUT2D eigenvalue weighted by molar-refractivity contribution is 6.07. The normalized spacial score (nSPS) is 12.9. The van der Waals surface area contributed by atoms with E-state index in [2.05, 4.69) is 21.0 Å². The van der Waals surface area contributed by atoms with Crippen molar-refractivity contribution in [1.29, 1.82) is 0 Å². The van der Waals surface area contributed by atoms with Crippen LogP contribution in [0.3, 0.4) is 0 Å². The van der Waals surface area contributed by atoms with Crippen LogP contribution in [0.1, 0.15) is 15.9 Å². The minimum atomic E-state index is 0.00759. The van der Waals surface area contributed by atoms with Crippen molar-refractivity contribution in [3.05, 3.63) is 72.2 Å². The van der Waals surface area contributed by atoms with Gasteiger partial charge in [0.05, 0.1) is 12.1 Å². The average Bonchev–Trinajstić information content (AvgIpc) is 3.35. The number of rotatable bonds is 5. The second-order valence-electron chi connectivity index (χ2n) is 6.43. The zero-order valence-electron chi connectivity index (χ0n) is 14.7. The Morgan fingerprint density at radius 3 is 2.85 bits per heavy atom. The Balaban J connectivity index is 1.43.